The molecule has 3 aromatic rings. The van der Waals surface area contributed by atoms with E-state index in [1.165, 1.54) is 31.2 Å². The number of aromatic nitrogens is 1. The number of hydrogen-bond acceptors (Lipinski definition) is 4. The highest BCUT2D eigenvalue weighted by Gasteiger charge is 2.69. The van der Waals surface area contributed by atoms with Crippen LogP contribution in [-0.2, 0) is 15.0 Å². The number of halogens is 1. The summed E-state index contributed by atoms with van der Waals surface area (Å²) in [5.74, 6) is -2.20. The van der Waals surface area contributed by atoms with Gasteiger partial charge >= 0.3 is 19.2 Å². The highest BCUT2D eigenvalue weighted by Crippen LogP contribution is 2.56. The van der Waals surface area contributed by atoms with Gasteiger partial charge in [-0.1, -0.05) is 49.0 Å². The van der Waals surface area contributed by atoms with Crippen LogP contribution in [0.2, 0.25) is 0 Å². The van der Waals surface area contributed by atoms with E-state index < -0.39 is 30.6 Å². The molecule has 0 saturated heterocycles. The second-order valence-electron chi connectivity index (χ2n) is 8.99. The maximum absolute atomic E-state index is 13.8. The number of hydrogen-bond donors (Lipinski definition) is 3. The number of rotatable bonds is 8. The molecule has 1 aliphatic rings. The quantitative estimate of drug-likeness (QED) is 0.274. The molecule has 1 aliphatic carbocycles. The summed E-state index contributed by atoms with van der Waals surface area (Å²) in [6, 6.07) is 15.0. The number of carbonyl (C=O) groups is 1. The zero-order chi connectivity index (χ0) is 25.5. The van der Waals surface area contributed by atoms with Gasteiger partial charge in [-0.25, -0.2) is 9.18 Å². The van der Waals surface area contributed by atoms with Crippen molar-refractivity contribution in [1.29, 1.82) is 0 Å². The van der Waals surface area contributed by atoms with E-state index in [9.17, 15) is 28.9 Å². The number of aliphatic carboxylic acids is 1. The predicted octanol–water partition coefficient (Wildman–Crippen LogP) is 5.69. The third-order valence-electron chi connectivity index (χ3n) is 6.76. The smallest absolute Gasteiger partial charge is 0.477 e. The van der Waals surface area contributed by atoms with E-state index in [4.69, 9.17) is 4.98 Å². The number of carboxylic acids is 1. The summed E-state index contributed by atoms with van der Waals surface area (Å²) >= 11 is 0. The molecular formula is C27H26FNO5P+. The van der Waals surface area contributed by atoms with Crippen molar-refractivity contribution in [3.8, 4) is 22.4 Å². The SMILES string of the molecule is C=CC(C(=O)O)([P+](=O)O)C(C)(O)c1c(C2CC2)nc(-c2ccccc2)c(C)c1-c1ccc(F)cc1. The molecular weight excluding hydrogens is 468 g/mol. The molecule has 0 amide bonds. The minimum atomic E-state index is -3.46. The Kier molecular flexibility index (Phi) is 6.45. The molecule has 1 saturated carbocycles. The summed E-state index contributed by atoms with van der Waals surface area (Å²) in [6.45, 7) is 6.51. The van der Waals surface area contributed by atoms with Crippen molar-refractivity contribution in [3.63, 3.8) is 0 Å². The van der Waals surface area contributed by atoms with E-state index in [-0.39, 0.29) is 11.5 Å². The molecule has 0 bridgehead atoms. The van der Waals surface area contributed by atoms with Gasteiger partial charge in [-0.2, -0.15) is 4.89 Å². The van der Waals surface area contributed by atoms with Crippen LogP contribution in [0.15, 0.2) is 67.3 Å². The van der Waals surface area contributed by atoms with E-state index in [1.807, 2.05) is 30.3 Å². The second-order valence-corrected chi connectivity index (χ2v) is 10.2. The first-order valence-corrected chi connectivity index (χ1v) is 12.4. The third kappa shape index (κ3) is 4.00. The van der Waals surface area contributed by atoms with Crippen molar-refractivity contribution in [1.82, 2.24) is 4.98 Å². The summed E-state index contributed by atoms with van der Waals surface area (Å²) in [6.07, 6.45) is 2.37. The predicted molar refractivity (Wildman–Crippen MR) is 132 cm³/mol. The van der Waals surface area contributed by atoms with Gasteiger partial charge in [-0.3, -0.25) is 4.98 Å². The molecule has 3 atom stereocenters. The van der Waals surface area contributed by atoms with E-state index >= 15 is 0 Å². The van der Waals surface area contributed by atoms with Crippen molar-refractivity contribution in [3.05, 3.63) is 89.9 Å². The number of aliphatic hydroxyl groups is 1. The fourth-order valence-electron chi connectivity index (χ4n) is 4.72. The van der Waals surface area contributed by atoms with E-state index in [0.29, 0.717) is 28.1 Å². The number of carboxylic acid groups (broad SMARTS) is 1. The molecule has 3 unspecified atom stereocenters. The minimum Gasteiger partial charge on any atom is -0.477 e. The maximum atomic E-state index is 13.8. The highest BCUT2D eigenvalue weighted by molar-refractivity contribution is 7.42. The number of nitrogens with zero attached hydrogens (tertiary/aromatic N) is 1. The Bertz CT molecular complexity index is 1300. The number of pyridine rings is 1. The minimum absolute atomic E-state index is 0.0633. The molecule has 4 rings (SSSR count). The summed E-state index contributed by atoms with van der Waals surface area (Å²) in [5.41, 5.74) is 1.29. The Morgan fingerprint density at radius 1 is 1.14 bits per heavy atom. The van der Waals surface area contributed by atoms with Crippen LogP contribution in [0.3, 0.4) is 0 Å². The summed E-state index contributed by atoms with van der Waals surface area (Å²) in [4.78, 5) is 27.5. The lowest BCUT2D eigenvalue weighted by molar-refractivity contribution is -0.145. The zero-order valence-corrected chi connectivity index (χ0v) is 20.3. The lowest BCUT2D eigenvalue weighted by atomic mass is 9.75. The molecule has 3 N–H and O–H groups in total. The summed E-state index contributed by atoms with van der Waals surface area (Å²) in [5, 5.41) is 19.5. The van der Waals surface area contributed by atoms with Gasteiger partial charge in [-0.15, -0.1) is 0 Å². The molecule has 6 nitrogen and oxygen atoms in total. The molecule has 1 fully saturated rings. The van der Waals surface area contributed by atoms with Crippen molar-refractivity contribution in [2.75, 3.05) is 0 Å². The monoisotopic (exact) mass is 494 g/mol. The molecule has 2 aromatic carbocycles. The first-order chi connectivity index (χ1) is 16.6. The molecule has 1 aromatic heterocycles. The topological polar surface area (TPSA) is 108 Å². The second kappa shape index (κ2) is 9.08. The van der Waals surface area contributed by atoms with Crippen molar-refractivity contribution < 1.29 is 28.9 Å². The standard InChI is InChI=1S/C27H25FNO5P/c1-4-27(25(30)31,35(33)34)26(3,32)22-21(17-12-14-20(28)15-13-17)16(2)23(18-8-6-5-7-9-18)29-24(22)19-10-11-19/h4-9,12-15,19,32H,1,10-11H2,2-3H3,(H-,30,31,33,34)/p+1. The van der Waals surface area contributed by atoms with Gasteiger partial charge < -0.3 is 10.2 Å². The van der Waals surface area contributed by atoms with Gasteiger partial charge in [0.25, 0.3) is 0 Å². The normalized spacial score (nSPS) is 17.2. The molecule has 0 spiro atoms. The van der Waals surface area contributed by atoms with Crippen LogP contribution in [-0.4, -0.2) is 31.2 Å². The van der Waals surface area contributed by atoms with Crippen LogP contribution in [0.1, 0.15) is 42.5 Å². The third-order valence-corrected chi connectivity index (χ3v) is 8.18. The Morgan fingerprint density at radius 3 is 2.23 bits per heavy atom. The van der Waals surface area contributed by atoms with Crippen LogP contribution in [0.4, 0.5) is 4.39 Å². The summed E-state index contributed by atoms with van der Waals surface area (Å²) in [7, 11) is -3.46. The average molecular weight is 494 g/mol. The highest BCUT2D eigenvalue weighted by atomic mass is 31.1. The molecule has 1 heterocycles. The van der Waals surface area contributed by atoms with Crippen molar-refractivity contribution >= 4 is 14.0 Å². The molecule has 180 valence electrons. The largest absolute Gasteiger partial charge is 0.531 e. The van der Waals surface area contributed by atoms with Crippen LogP contribution in [0.25, 0.3) is 22.4 Å². The number of benzene rings is 2. The molecule has 8 heteroatoms. The Labute approximate surface area is 203 Å². The molecule has 0 aliphatic heterocycles. The van der Waals surface area contributed by atoms with Crippen LogP contribution in [0.5, 0.6) is 0 Å². The van der Waals surface area contributed by atoms with Gasteiger partial charge in [0, 0.05) is 17.0 Å². The van der Waals surface area contributed by atoms with Gasteiger partial charge in [0.2, 0.25) is 0 Å². The van der Waals surface area contributed by atoms with Crippen LogP contribution < -0.4 is 0 Å². The average Bonchev–Trinajstić information content (AvgIpc) is 3.65. The van der Waals surface area contributed by atoms with Gasteiger partial charge in [-0.05, 0) is 66.2 Å². The van der Waals surface area contributed by atoms with Gasteiger partial charge in [0.05, 0.1) is 11.4 Å². The Balaban J connectivity index is 2.17. The van der Waals surface area contributed by atoms with Crippen LogP contribution in [0, 0.1) is 12.7 Å². The maximum Gasteiger partial charge on any atom is 0.531 e. The van der Waals surface area contributed by atoms with E-state index in [0.717, 1.165) is 24.5 Å². The fraction of sp³-hybridized carbons (Fsp3) is 0.259. The van der Waals surface area contributed by atoms with Crippen molar-refractivity contribution in [2.45, 2.75) is 43.4 Å². The Hall–Kier alpha value is -3.25. The first-order valence-electron chi connectivity index (χ1n) is 11.2. The summed E-state index contributed by atoms with van der Waals surface area (Å²) < 4.78 is 26.4. The molecule has 0 radical (unpaired) electrons. The van der Waals surface area contributed by atoms with Gasteiger partial charge in [0.1, 0.15) is 5.82 Å². The van der Waals surface area contributed by atoms with Gasteiger partial charge in [0.15, 0.2) is 5.60 Å². The van der Waals surface area contributed by atoms with E-state index in [1.54, 1.807) is 6.92 Å². The first kappa shape index (κ1) is 24.9. The van der Waals surface area contributed by atoms with Crippen molar-refractivity contribution in [2.24, 2.45) is 0 Å². The van der Waals surface area contributed by atoms with Crippen LogP contribution >= 0.6 is 8.03 Å². The molecule has 35 heavy (non-hydrogen) atoms. The zero-order valence-electron chi connectivity index (χ0n) is 19.4. The Morgan fingerprint density at radius 2 is 1.74 bits per heavy atom. The van der Waals surface area contributed by atoms with E-state index in [2.05, 4.69) is 6.58 Å². The lowest BCUT2D eigenvalue weighted by Crippen LogP contribution is -2.52. The fourth-order valence-corrected chi connectivity index (χ4v) is 5.53. The lowest BCUT2D eigenvalue weighted by Gasteiger charge is -2.35.